The number of aromatic nitrogens is 1. The molecular weight excluding hydrogens is 330 g/mol. The summed E-state index contributed by atoms with van der Waals surface area (Å²) in [5.74, 6) is 0.162. The SMILES string of the molecule is COC(=O)[C@@H](C)CC(=O)c1cc2c(cc(OC)c3oc(C)nc32)s1. The highest BCUT2D eigenvalue weighted by atomic mass is 32.1. The first-order valence-electron chi connectivity index (χ1n) is 7.43. The second-order valence-corrected chi connectivity index (χ2v) is 6.65. The zero-order chi connectivity index (χ0) is 17.4. The molecule has 1 atom stereocenters. The maximum absolute atomic E-state index is 12.5. The van der Waals surface area contributed by atoms with Crippen LogP contribution in [0.25, 0.3) is 21.2 Å². The Kier molecular flexibility index (Phi) is 4.28. The first-order chi connectivity index (χ1) is 11.4. The molecule has 126 valence electrons. The quantitative estimate of drug-likeness (QED) is 0.517. The summed E-state index contributed by atoms with van der Waals surface area (Å²) in [6.45, 7) is 3.45. The largest absolute Gasteiger partial charge is 0.493 e. The van der Waals surface area contributed by atoms with Crippen LogP contribution in [0.5, 0.6) is 5.75 Å². The maximum atomic E-state index is 12.5. The molecule has 2 heterocycles. The molecule has 0 saturated carbocycles. The van der Waals surface area contributed by atoms with Gasteiger partial charge in [0, 0.05) is 29.5 Å². The summed E-state index contributed by atoms with van der Waals surface area (Å²) < 4.78 is 16.5. The number of thiophene rings is 1. The van der Waals surface area contributed by atoms with Gasteiger partial charge in [0.25, 0.3) is 0 Å². The van der Waals surface area contributed by atoms with Crippen molar-refractivity contribution < 1.29 is 23.5 Å². The van der Waals surface area contributed by atoms with Crippen molar-refractivity contribution in [1.82, 2.24) is 4.98 Å². The normalized spacial score (nSPS) is 12.5. The molecule has 0 saturated heterocycles. The Hall–Kier alpha value is -2.41. The third kappa shape index (κ3) is 2.75. The number of ketones is 1. The molecule has 0 aliphatic rings. The Morgan fingerprint density at radius 1 is 1.33 bits per heavy atom. The number of fused-ring (bicyclic) bond motifs is 3. The van der Waals surface area contributed by atoms with Gasteiger partial charge >= 0.3 is 5.97 Å². The molecule has 0 fully saturated rings. The molecular formula is C17H17NO5S. The molecule has 0 amide bonds. The fourth-order valence-electron chi connectivity index (χ4n) is 2.61. The number of esters is 1. The Bertz CT molecular complexity index is 939. The summed E-state index contributed by atoms with van der Waals surface area (Å²) in [5.41, 5.74) is 1.25. The van der Waals surface area contributed by atoms with Gasteiger partial charge in [0.15, 0.2) is 23.0 Å². The van der Waals surface area contributed by atoms with Gasteiger partial charge in [-0.2, -0.15) is 0 Å². The van der Waals surface area contributed by atoms with E-state index < -0.39 is 5.92 Å². The topological polar surface area (TPSA) is 78.6 Å². The van der Waals surface area contributed by atoms with Crippen LogP contribution in [0.2, 0.25) is 0 Å². The van der Waals surface area contributed by atoms with Crippen LogP contribution in [0.15, 0.2) is 16.5 Å². The number of hydrogen-bond acceptors (Lipinski definition) is 7. The van der Waals surface area contributed by atoms with Crippen LogP contribution in [0.4, 0.5) is 0 Å². The van der Waals surface area contributed by atoms with E-state index in [-0.39, 0.29) is 18.2 Å². The lowest BCUT2D eigenvalue weighted by atomic mass is 10.0. The van der Waals surface area contributed by atoms with E-state index in [1.807, 2.05) is 6.07 Å². The first kappa shape index (κ1) is 16.4. The zero-order valence-corrected chi connectivity index (χ0v) is 14.7. The average Bonchev–Trinajstić information content (AvgIpc) is 3.15. The van der Waals surface area contributed by atoms with Crippen molar-refractivity contribution in [3.8, 4) is 5.75 Å². The highest BCUT2D eigenvalue weighted by Crippen LogP contribution is 2.38. The molecule has 0 N–H and O–H groups in total. The number of benzene rings is 1. The standard InChI is InChI=1S/C17H17NO5S/c1-8(17(20)22-4)5-11(19)14-6-10-13(24-14)7-12(21-3)16-15(10)18-9(2)23-16/h6-8H,5H2,1-4H3/t8-/m0/s1. The predicted molar refractivity (Wildman–Crippen MR) is 90.8 cm³/mol. The average molecular weight is 347 g/mol. The summed E-state index contributed by atoms with van der Waals surface area (Å²) in [7, 11) is 2.88. The van der Waals surface area contributed by atoms with E-state index in [9.17, 15) is 9.59 Å². The lowest BCUT2D eigenvalue weighted by Crippen LogP contribution is -2.16. The van der Waals surface area contributed by atoms with Gasteiger partial charge in [-0.15, -0.1) is 11.3 Å². The van der Waals surface area contributed by atoms with Gasteiger partial charge in [0.1, 0.15) is 5.52 Å². The van der Waals surface area contributed by atoms with E-state index in [1.165, 1.54) is 18.4 Å². The minimum Gasteiger partial charge on any atom is -0.493 e. The summed E-state index contributed by atoms with van der Waals surface area (Å²) in [5, 5.41) is 0.849. The van der Waals surface area contributed by atoms with Crippen molar-refractivity contribution in [3.05, 3.63) is 22.9 Å². The van der Waals surface area contributed by atoms with Gasteiger partial charge in [-0.05, 0) is 6.07 Å². The van der Waals surface area contributed by atoms with Crippen LogP contribution in [0.3, 0.4) is 0 Å². The van der Waals surface area contributed by atoms with Crippen molar-refractivity contribution in [2.75, 3.05) is 14.2 Å². The first-order valence-corrected chi connectivity index (χ1v) is 8.25. The van der Waals surface area contributed by atoms with Crippen molar-refractivity contribution in [1.29, 1.82) is 0 Å². The summed E-state index contributed by atoms with van der Waals surface area (Å²) in [6, 6.07) is 3.64. The Labute approximate surface area is 142 Å². The van der Waals surface area contributed by atoms with Crippen molar-refractivity contribution in [2.45, 2.75) is 20.3 Å². The highest BCUT2D eigenvalue weighted by Gasteiger charge is 2.22. The molecule has 0 radical (unpaired) electrons. The molecule has 7 heteroatoms. The lowest BCUT2D eigenvalue weighted by molar-refractivity contribution is -0.144. The van der Waals surface area contributed by atoms with Gasteiger partial charge in [0.2, 0.25) is 0 Å². The second-order valence-electron chi connectivity index (χ2n) is 5.56. The van der Waals surface area contributed by atoms with Gasteiger partial charge in [0.05, 0.1) is 25.0 Å². The highest BCUT2D eigenvalue weighted by molar-refractivity contribution is 7.21. The minimum atomic E-state index is -0.475. The predicted octanol–water partition coefficient (Wildman–Crippen LogP) is 3.74. The van der Waals surface area contributed by atoms with E-state index in [0.717, 1.165) is 10.1 Å². The maximum Gasteiger partial charge on any atom is 0.308 e. The lowest BCUT2D eigenvalue weighted by Gasteiger charge is -2.06. The van der Waals surface area contributed by atoms with E-state index in [1.54, 1.807) is 27.0 Å². The molecule has 0 bridgehead atoms. The summed E-state index contributed by atoms with van der Waals surface area (Å²) in [4.78, 5) is 28.9. The zero-order valence-electron chi connectivity index (χ0n) is 13.8. The number of hydrogen-bond donors (Lipinski definition) is 0. The summed E-state index contributed by atoms with van der Waals surface area (Å²) in [6.07, 6.45) is 0.109. The van der Waals surface area contributed by atoms with E-state index in [2.05, 4.69) is 9.72 Å². The number of rotatable bonds is 5. The number of ether oxygens (including phenoxy) is 2. The molecule has 3 rings (SSSR count). The number of methoxy groups -OCH3 is 2. The Balaban J connectivity index is 2.03. The number of oxazole rings is 1. The molecule has 0 spiro atoms. The van der Waals surface area contributed by atoms with Crippen LogP contribution >= 0.6 is 11.3 Å². The molecule has 24 heavy (non-hydrogen) atoms. The van der Waals surface area contributed by atoms with Crippen molar-refractivity contribution >= 4 is 44.3 Å². The van der Waals surface area contributed by atoms with Crippen molar-refractivity contribution in [3.63, 3.8) is 0 Å². The molecule has 3 aromatic rings. The van der Waals surface area contributed by atoms with Gasteiger partial charge < -0.3 is 13.9 Å². The van der Waals surface area contributed by atoms with Gasteiger partial charge in [-0.3, -0.25) is 9.59 Å². The molecule has 6 nitrogen and oxygen atoms in total. The number of carbonyl (C=O) groups is 2. The van der Waals surface area contributed by atoms with Crippen molar-refractivity contribution in [2.24, 2.45) is 5.92 Å². The van der Waals surface area contributed by atoms with Gasteiger partial charge in [-0.1, -0.05) is 6.92 Å². The van der Waals surface area contributed by atoms with E-state index >= 15 is 0 Å². The molecule has 0 aliphatic heterocycles. The molecule has 0 aliphatic carbocycles. The van der Waals surface area contributed by atoms with Gasteiger partial charge in [-0.25, -0.2) is 4.98 Å². The second kappa shape index (κ2) is 6.24. The van der Waals surface area contributed by atoms with E-state index in [4.69, 9.17) is 9.15 Å². The third-order valence-electron chi connectivity index (χ3n) is 3.83. The fourth-order valence-corrected chi connectivity index (χ4v) is 3.65. The Morgan fingerprint density at radius 3 is 2.75 bits per heavy atom. The minimum absolute atomic E-state index is 0.0959. The Morgan fingerprint density at radius 2 is 2.08 bits per heavy atom. The van der Waals surface area contributed by atoms with Crippen LogP contribution in [-0.2, 0) is 9.53 Å². The number of Topliss-reactive ketones (excluding diaryl/α,β-unsaturated/α-hetero) is 1. The number of aryl methyl sites for hydroxylation is 1. The van der Waals surface area contributed by atoms with Crippen LogP contribution < -0.4 is 4.74 Å². The molecule has 2 aromatic heterocycles. The van der Waals surface area contributed by atoms with Crippen LogP contribution in [0, 0.1) is 12.8 Å². The number of nitrogens with zero attached hydrogens (tertiary/aromatic N) is 1. The third-order valence-corrected chi connectivity index (χ3v) is 4.95. The van der Waals surface area contributed by atoms with Crippen LogP contribution in [0.1, 0.15) is 28.9 Å². The molecule has 0 unspecified atom stereocenters. The van der Waals surface area contributed by atoms with Crippen LogP contribution in [-0.4, -0.2) is 31.0 Å². The monoisotopic (exact) mass is 347 g/mol. The smallest absolute Gasteiger partial charge is 0.308 e. The number of carbonyl (C=O) groups excluding carboxylic acids is 2. The fraction of sp³-hybridized carbons (Fsp3) is 0.353. The molecule has 1 aromatic carbocycles. The summed E-state index contributed by atoms with van der Waals surface area (Å²) >= 11 is 1.36. The van der Waals surface area contributed by atoms with E-state index in [0.29, 0.717) is 27.6 Å².